The van der Waals surface area contributed by atoms with Crippen molar-refractivity contribution in [2.45, 2.75) is 32.3 Å². The first-order valence-corrected chi connectivity index (χ1v) is 5.56. The van der Waals surface area contributed by atoms with E-state index in [-0.39, 0.29) is 5.60 Å². The number of nitrogens with one attached hydrogen (secondary N) is 1. The maximum Gasteiger partial charge on any atom is 0.0775 e. The van der Waals surface area contributed by atoms with Crippen molar-refractivity contribution in [3.8, 4) is 0 Å². The summed E-state index contributed by atoms with van der Waals surface area (Å²) in [6.07, 6.45) is 2.20. The Bertz CT molecular complexity index is 157. The molecule has 3 heteroatoms. The Morgan fingerprint density at radius 1 is 1.57 bits per heavy atom. The predicted molar refractivity (Wildman–Crippen MR) is 57.5 cm³/mol. The highest BCUT2D eigenvalue weighted by atomic mass is 16.5. The van der Waals surface area contributed by atoms with Gasteiger partial charge in [-0.3, -0.25) is 0 Å². The van der Waals surface area contributed by atoms with Gasteiger partial charge in [-0.05, 0) is 26.8 Å². The third-order valence-corrected chi connectivity index (χ3v) is 2.99. The highest BCUT2D eigenvalue weighted by Gasteiger charge is 2.24. The second-order valence-corrected chi connectivity index (χ2v) is 4.37. The predicted octanol–water partition coefficient (Wildman–Crippen LogP) is 1.43. The van der Waals surface area contributed by atoms with Crippen molar-refractivity contribution >= 4 is 0 Å². The van der Waals surface area contributed by atoms with Crippen LogP contribution >= 0.6 is 0 Å². The van der Waals surface area contributed by atoms with Gasteiger partial charge in [0.15, 0.2) is 0 Å². The molecule has 1 aliphatic rings. The molecule has 1 rings (SSSR count). The van der Waals surface area contributed by atoms with Crippen LogP contribution in [-0.2, 0) is 9.47 Å². The van der Waals surface area contributed by atoms with Crippen molar-refractivity contribution in [1.82, 2.24) is 5.32 Å². The molecule has 84 valence electrons. The van der Waals surface area contributed by atoms with Crippen LogP contribution in [0.3, 0.4) is 0 Å². The number of hydrogen-bond acceptors (Lipinski definition) is 3. The van der Waals surface area contributed by atoms with Gasteiger partial charge in [-0.25, -0.2) is 0 Å². The van der Waals surface area contributed by atoms with Crippen molar-refractivity contribution in [2.75, 3.05) is 33.4 Å². The number of likely N-dealkylation sites (N-methyl/N-ethyl adjacent to an activating group) is 1. The zero-order valence-corrected chi connectivity index (χ0v) is 9.64. The molecule has 0 aromatic heterocycles. The lowest BCUT2D eigenvalue weighted by atomic mass is 10.0. The van der Waals surface area contributed by atoms with E-state index in [0.717, 1.165) is 39.2 Å². The van der Waals surface area contributed by atoms with Crippen LogP contribution < -0.4 is 5.32 Å². The standard InChI is InChI=1S/C11H23NO2/c1-4-11(2,9-12-3)14-8-10-5-6-13-7-10/h10,12H,4-9H2,1-3H3. The molecule has 14 heavy (non-hydrogen) atoms. The fourth-order valence-electron chi connectivity index (χ4n) is 1.69. The van der Waals surface area contributed by atoms with Gasteiger partial charge in [-0.15, -0.1) is 0 Å². The van der Waals surface area contributed by atoms with E-state index in [9.17, 15) is 0 Å². The highest BCUT2D eigenvalue weighted by molar-refractivity contribution is 4.76. The van der Waals surface area contributed by atoms with E-state index in [1.807, 2.05) is 7.05 Å². The third-order valence-electron chi connectivity index (χ3n) is 2.99. The molecule has 2 atom stereocenters. The second-order valence-electron chi connectivity index (χ2n) is 4.37. The fourth-order valence-corrected chi connectivity index (χ4v) is 1.69. The zero-order valence-electron chi connectivity index (χ0n) is 9.64. The first-order valence-electron chi connectivity index (χ1n) is 5.56. The summed E-state index contributed by atoms with van der Waals surface area (Å²) in [4.78, 5) is 0. The third kappa shape index (κ3) is 3.56. The van der Waals surface area contributed by atoms with E-state index in [4.69, 9.17) is 9.47 Å². The van der Waals surface area contributed by atoms with Gasteiger partial charge in [0.05, 0.1) is 18.8 Å². The maximum atomic E-state index is 5.96. The largest absolute Gasteiger partial charge is 0.381 e. The van der Waals surface area contributed by atoms with Crippen LogP contribution in [0.15, 0.2) is 0 Å². The smallest absolute Gasteiger partial charge is 0.0775 e. The van der Waals surface area contributed by atoms with Crippen LogP contribution in [0.25, 0.3) is 0 Å². The quantitative estimate of drug-likeness (QED) is 0.705. The van der Waals surface area contributed by atoms with Crippen molar-refractivity contribution in [2.24, 2.45) is 5.92 Å². The molecule has 0 saturated carbocycles. The summed E-state index contributed by atoms with van der Waals surface area (Å²) < 4.78 is 11.3. The van der Waals surface area contributed by atoms with E-state index in [1.54, 1.807) is 0 Å². The molecule has 0 radical (unpaired) electrons. The Labute approximate surface area is 87.2 Å². The van der Waals surface area contributed by atoms with Gasteiger partial charge in [0.25, 0.3) is 0 Å². The molecule has 0 spiro atoms. The minimum Gasteiger partial charge on any atom is -0.381 e. The lowest BCUT2D eigenvalue weighted by Crippen LogP contribution is -2.39. The van der Waals surface area contributed by atoms with Crippen LogP contribution in [0.5, 0.6) is 0 Å². The van der Waals surface area contributed by atoms with E-state index in [2.05, 4.69) is 19.2 Å². The number of ether oxygens (including phenoxy) is 2. The van der Waals surface area contributed by atoms with Crippen molar-refractivity contribution in [1.29, 1.82) is 0 Å². The van der Waals surface area contributed by atoms with E-state index in [0.29, 0.717) is 5.92 Å². The van der Waals surface area contributed by atoms with Gasteiger partial charge in [0.1, 0.15) is 0 Å². The lowest BCUT2D eigenvalue weighted by molar-refractivity contribution is -0.0489. The van der Waals surface area contributed by atoms with Crippen molar-refractivity contribution in [3.05, 3.63) is 0 Å². The zero-order chi connectivity index (χ0) is 10.4. The Hall–Kier alpha value is -0.120. The van der Waals surface area contributed by atoms with Gasteiger partial charge in [0, 0.05) is 19.1 Å². The van der Waals surface area contributed by atoms with Gasteiger partial charge in [0.2, 0.25) is 0 Å². The summed E-state index contributed by atoms with van der Waals surface area (Å²) in [6.45, 7) is 7.87. The van der Waals surface area contributed by atoms with Crippen molar-refractivity contribution in [3.63, 3.8) is 0 Å². The van der Waals surface area contributed by atoms with Gasteiger partial charge in [-0.1, -0.05) is 6.92 Å². The normalized spacial score (nSPS) is 26.4. The summed E-state index contributed by atoms with van der Waals surface area (Å²) >= 11 is 0. The maximum absolute atomic E-state index is 5.96. The van der Waals surface area contributed by atoms with Crippen LogP contribution in [0.1, 0.15) is 26.7 Å². The molecule has 0 aromatic carbocycles. The van der Waals surface area contributed by atoms with E-state index < -0.39 is 0 Å². The van der Waals surface area contributed by atoms with E-state index >= 15 is 0 Å². The molecule has 1 aliphatic heterocycles. The van der Waals surface area contributed by atoms with Gasteiger partial charge >= 0.3 is 0 Å². The molecule has 2 unspecified atom stereocenters. The second kappa shape index (κ2) is 5.69. The summed E-state index contributed by atoms with van der Waals surface area (Å²) in [5, 5.41) is 3.18. The van der Waals surface area contributed by atoms with Crippen LogP contribution in [-0.4, -0.2) is 39.0 Å². The number of hydrogen-bond donors (Lipinski definition) is 1. The Kier molecular flexibility index (Phi) is 4.85. The Morgan fingerprint density at radius 2 is 2.36 bits per heavy atom. The first kappa shape index (κ1) is 12.0. The summed E-state index contributed by atoms with van der Waals surface area (Å²) in [6, 6.07) is 0. The monoisotopic (exact) mass is 201 g/mol. The Balaban J connectivity index is 2.25. The summed E-state index contributed by atoms with van der Waals surface area (Å²) in [7, 11) is 1.97. The minimum atomic E-state index is -0.0165. The van der Waals surface area contributed by atoms with Crippen LogP contribution in [0.4, 0.5) is 0 Å². The average molecular weight is 201 g/mol. The summed E-state index contributed by atoms with van der Waals surface area (Å²) in [5.74, 6) is 0.609. The van der Waals surface area contributed by atoms with E-state index in [1.165, 1.54) is 0 Å². The SMILES string of the molecule is CCC(C)(CNC)OCC1CCOC1. The molecule has 3 nitrogen and oxygen atoms in total. The highest BCUT2D eigenvalue weighted by Crippen LogP contribution is 2.19. The average Bonchev–Trinajstić information content (AvgIpc) is 2.68. The molecule has 0 bridgehead atoms. The fraction of sp³-hybridized carbons (Fsp3) is 1.00. The first-order chi connectivity index (χ1) is 6.70. The molecule has 0 aliphatic carbocycles. The molecular formula is C11H23NO2. The lowest BCUT2D eigenvalue weighted by Gasteiger charge is -2.29. The molecular weight excluding hydrogens is 178 g/mol. The molecule has 1 saturated heterocycles. The van der Waals surface area contributed by atoms with Crippen molar-refractivity contribution < 1.29 is 9.47 Å². The van der Waals surface area contributed by atoms with Gasteiger partial charge < -0.3 is 14.8 Å². The summed E-state index contributed by atoms with van der Waals surface area (Å²) in [5.41, 5.74) is -0.0165. The minimum absolute atomic E-state index is 0.0165. The molecule has 1 fully saturated rings. The van der Waals surface area contributed by atoms with Crippen LogP contribution in [0, 0.1) is 5.92 Å². The molecule has 0 aromatic rings. The topological polar surface area (TPSA) is 30.5 Å². The Morgan fingerprint density at radius 3 is 2.86 bits per heavy atom. The van der Waals surface area contributed by atoms with Crippen LogP contribution in [0.2, 0.25) is 0 Å². The molecule has 1 heterocycles. The molecule has 1 N–H and O–H groups in total. The number of rotatable bonds is 6. The van der Waals surface area contributed by atoms with Gasteiger partial charge in [-0.2, -0.15) is 0 Å². The molecule has 0 amide bonds.